The van der Waals surface area contributed by atoms with Crippen molar-refractivity contribution in [2.45, 2.75) is 26.1 Å². The lowest BCUT2D eigenvalue weighted by Gasteiger charge is -2.40. The molecule has 1 aliphatic rings. The van der Waals surface area contributed by atoms with E-state index in [2.05, 4.69) is 5.10 Å². The van der Waals surface area contributed by atoms with Crippen molar-refractivity contribution in [1.29, 1.82) is 5.26 Å². The number of carbonyl (C=O) groups excluding carboxylic acids is 1. The minimum atomic E-state index is -4.43. The molecule has 6 nitrogen and oxygen atoms in total. The number of fused-ring (bicyclic) bond motifs is 1. The number of benzene rings is 1. The summed E-state index contributed by atoms with van der Waals surface area (Å²) in [5.74, 6) is 0.109. The number of nitriles is 1. The number of carbonyl (C=O) groups is 1. The van der Waals surface area contributed by atoms with Gasteiger partial charge >= 0.3 is 12.1 Å². The van der Waals surface area contributed by atoms with Crippen molar-refractivity contribution in [2.24, 2.45) is 5.41 Å². The Labute approximate surface area is 153 Å². The van der Waals surface area contributed by atoms with Gasteiger partial charge in [0.2, 0.25) is 0 Å². The molecule has 2 aromatic rings. The summed E-state index contributed by atoms with van der Waals surface area (Å²) >= 11 is 0. The van der Waals surface area contributed by atoms with E-state index in [1.54, 1.807) is 28.8 Å². The van der Waals surface area contributed by atoms with E-state index in [9.17, 15) is 23.2 Å². The topological polar surface area (TPSA) is 71.2 Å². The Morgan fingerprint density at radius 2 is 2.00 bits per heavy atom. The first-order chi connectivity index (χ1) is 12.8. The first-order valence-corrected chi connectivity index (χ1v) is 8.31. The predicted octanol–water partition coefficient (Wildman–Crippen LogP) is 3.52. The van der Waals surface area contributed by atoms with Gasteiger partial charge in [-0.25, -0.2) is 4.68 Å². The van der Waals surface area contributed by atoms with Crippen LogP contribution in [0.4, 0.5) is 24.7 Å². The average molecular weight is 378 g/mol. The molecule has 0 amide bonds. The largest absolute Gasteiger partial charge is 0.465 e. The molecule has 0 fully saturated rings. The fraction of sp³-hybridized carbons (Fsp3) is 0.389. The maximum absolute atomic E-state index is 12.8. The van der Waals surface area contributed by atoms with Crippen molar-refractivity contribution in [3.63, 3.8) is 0 Å². The second-order valence-electron chi connectivity index (χ2n) is 6.31. The Kier molecular flexibility index (Phi) is 4.83. The van der Waals surface area contributed by atoms with E-state index in [1.807, 2.05) is 6.07 Å². The highest BCUT2D eigenvalue weighted by molar-refractivity contribution is 5.80. The fourth-order valence-corrected chi connectivity index (χ4v) is 3.20. The fourth-order valence-electron chi connectivity index (χ4n) is 3.20. The van der Waals surface area contributed by atoms with Gasteiger partial charge in [-0.3, -0.25) is 4.79 Å². The van der Waals surface area contributed by atoms with Crippen molar-refractivity contribution in [2.75, 3.05) is 18.1 Å². The van der Waals surface area contributed by atoms with Crippen LogP contribution in [-0.4, -0.2) is 28.9 Å². The van der Waals surface area contributed by atoms with Crippen LogP contribution in [0.2, 0.25) is 0 Å². The molecule has 142 valence electrons. The second-order valence-corrected chi connectivity index (χ2v) is 6.31. The van der Waals surface area contributed by atoms with Crippen LogP contribution in [0, 0.1) is 16.7 Å². The van der Waals surface area contributed by atoms with E-state index in [1.165, 1.54) is 12.1 Å². The Balaban J connectivity index is 2.02. The highest BCUT2D eigenvalue weighted by Gasteiger charge is 2.46. The van der Waals surface area contributed by atoms with Crippen LogP contribution >= 0.6 is 0 Å². The summed E-state index contributed by atoms with van der Waals surface area (Å²) in [6.07, 6.45) is -2.99. The summed E-state index contributed by atoms with van der Waals surface area (Å²) in [6, 6.07) is 8.39. The number of esters is 1. The number of rotatable bonds is 4. The highest BCUT2D eigenvalue weighted by Crippen LogP contribution is 2.40. The number of nitrogens with zero attached hydrogens (tertiary/aromatic N) is 4. The number of hydrogen-bond acceptors (Lipinski definition) is 5. The molecule has 3 rings (SSSR count). The summed E-state index contributed by atoms with van der Waals surface area (Å²) in [7, 11) is 0. The normalized spacial score (nSPS) is 19.3. The van der Waals surface area contributed by atoms with Crippen molar-refractivity contribution in [3.8, 4) is 6.07 Å². The van der Waals surface area contributed by atoms with Crippen LogP contribution in [0.1, 0.15) is 18.9 Å². The van der Waals surface area contributed by atoms with Gasteiger partial charge in [0, 0.05) is 18.3 Å². The Morgan fingerprint density at radius 1 is 1.30 bits per heavy atom. The molecule has 1 aliphatic heterocycles. The van der Waals surface area contributed by atoms with Gasteiger partial charge in [0.1, 0.15) is 11.2 Å². The summed E-state index contributed by atoms with van der Waals surface area (Å²) in [5.41, 5.74) is -1.45. The van der Waals surface area contributed by atoms with Gasteiger partial charge in [-0.15, -0.1) is 0 Å². The third-order valence-electron chi connectivity index (χ3n) is 4.52. The lowest BCUT2D eigenvalue weighted by molar-refractivity contribution is -0.156. The van der Waals surface area contributed by atoms with Crippen LogP contribution in [-0.2, 0) is 22.3 Å². The molecule has 2 heterocycles. The van der Waals surface area contributed by atoms with Crippen molar-refractivity contribution in [3.05, 3.63) is 42.1 Å². The Morgan fingerprint density at radius 3 is 2.59 bits per heavy atom. The third kappa shape index (κ3) is 3.47. The maximum Gasteiger partial charge on any atom is 0.416 e. The van der Waals surface area contributed by atoms with Gasteiger partial charge in [0.15, 0.2) is 0 Å². The lowest BCUT2D eigenvalue weighted by atomic mass is 9.82. The Bertz CT molecular complexity index is 870. The number of anilines is 2. The van der Waals surface area contributed by atoms with Gasteiger partial charge in [-0.05, 0) is 31.2 Å². The zero-order valence-corrected chi connectivity index (χ0v) is 14.5. The monoisotopic (exact) mass is 378 g/mol. The minimum Gasteiger partial charge on any atom is -0.465 e. The zero-order chi connectivity index (χ0) is 19.7. The van der Waals surface area contributed by atoms with Crippen molar-refractivity contribution >= 4 is 17.5 Å². The molecule has 0 spiro atoms. The van der Waals surface area contributed by atoms with E-state index in [-0.39, 0.29) is 26.1 Å². The van der Waals surface area contributed by atoms with Crippen molar-refractivity contribution in [1.82, 2.24) is 9.78 Å². The van der Waals surface area contributed by atoms with Gasteiger partial charge in [0.05, 0.1) is 37.4 Å². The lowest BCUT2D eigenvalue weighted by Crippen LogP contribution is -2.50. The van der Waals surface area contributed by atoms with Crippen LogP contribution in [0.5, 0.6) is 0 Å². The zero-order valence-electron chi connectivity index (χ0n) is 14.5. The Hall–Kier alpha value is -3.02. The van der Waals surface area contributed by atoms with Gasteiger partial charge < -0.3 is 9.64 Å². The van der Waals surface area contributed by atoms with Crippen molar-refractivity contribution < 1.29 is 22.7 Å². The molecular weight excluding hydrogens is 361 g/mol. The summed E-state index contributed by atoms with van der Waals surface area (Å²) in [6.45, 7) is 2.11. The second kappa shape index (κ2) is 6.95. The number of halogens is 3. The molecule has 0 aliphatic carbocycles. The van der Waals surface area contributed by atoms with Crippen LogP contribution in [0.3, 0.4) is 0 Å². The maximum atomic E-state index is 12.8. The molecule has 0 radical (unpaired) electrons. The number of ether oxygens (including phenoxy) is 1. The SMILES string of the molecule is CCOC(=O)C1(CC#N)CN(c2ccc(C(F)(F)F)cc2)c2ccnn2C1. The third-order valence-corrected chi connectivity index (χ3v) is 4.52. The molecule has 0 bridgehead atoms. The smallest absolute Gasteiger partial charge is 0.416 e. The molecule has 27 heavy (non-hydrogen) atoms. The first kappa shape index (κ1) is 18.8. The van der Waals surface area contributed by atoms with E-state index in [4.69, 9.17) is 4.74 Å². The predicted molar refractivity (Wildman–Crippen MR) is 90.0 cm³/mol. The quantitative estimate of drug-likeness (QED) is 0.762. The summed E-state index contributed by atoms with van der Waals surface area (Å²) < 4.78 is 45.3. The molecular formula is C18H17F3N4O2. The van der Waals surface area contributed by atoms with E-state index in [0.29, 0.717) is 11.5 Å². The van der Waals surface area contributed by atoms with Gasteiger partial charge in [-0.1, -0.05) is 0 Å². The molecule has 1 unspecified atom stereocenters. The molecule has 1 aromatic heterocycles. The molecule has 1 aromatic carbocycles. The molecule has 0 saturated carbocycles. The van der Waals surface area contributed by atoms with Crippen LogP contribution in [0.25, 0.3) is 0 Å². The minimum absolute atomic E-state index is 0.0950. The number of hydrogen-bond donors (Lipinski definition) is 0. The van der Waals surface area contributed by atoms with Crippen LogP contribution < -0.4 is 4.90 Å². The first-order valence-electron chi connectivity index (χ1n) is 8.31. The van der Waals surface area contributed by atoms with E-state index < -0.39 is 23.1 Å². The van der Waals surface area contributed by atoms with E-state index in [0.717, 1.165) is 12.1 Å². The number of aromatic nitrogens is 2. The molecule has 0 N–H and O–H groups in total. The molecule has 9 heteroatoms. The van der Waals surface area contributed by atoms with E-state index >= 15 is 0 Å². The summed E-state index contributed by atoms with van der Waals surface area (Å²) in [5, 5.41) is 13.4. The van der Waals surface area contributed by atoms with Gasteiger partial charge in [-0.2, -0.15) is 23.5 Å². The standard InChI is InChI=1S/C18H17F3N4O2/c1-2-27-16(26)17(8-9-22)11-24(15-7-10-23-25(15)12-17)14-5-3-13(4-6-14)18(19,20)21/h3-7,10H,2,8,11-12H2,1H3. The van der Waals surface area contributed by atoms with Crippen LogP contribution in [0.15, 0.2) is 36.5 Å². The molecule has 0 saturated heterocycles. The number of alkyl halides is 3. The summed E-state index contributed by atoms with van der Waals surface area (Å²) in [4.78, 5) is 14.3. The van der Waals surface area contributed by atoms with Gasteiger partial charge in [0.25, 0.3) is 0 Å². The molecule has 1 atom stereocenters. The highest BCUT2D eigenvalue weighted by atomic mass is 19.4. The average Bonchev–Trinajstić information content (AvgIpc) is 3.09.